The molecule has 1 atom stereocenters. The molecule has 0 aliphatic heterocycles. The third kappa shape index (κ3) is 4.54. The monoisotopic (exact) mass is 489 g/mol. The maximum Gasteiger partial charge on any atom is 0.0991 e. The van der Waals surface area contributed by atoms with Crippen LogP contribution in [0.3, 0.4) is 0 Å². The van der Waals surface area contributed by atoms with Crippen molar-refractivity contribution in [1.29, 1.82) is 5.26 Å². The summed E-state index contributed by atoms with van der Waals surface area (Å²) in [4.78, 5) is 0. The zero-order chi connectivity index (χ0) is 26.1. The molecule has 5 aromatic rings. The summed E-state index contributed by atoms with van der Waals surface area (Å²) >= 11 is 0. The fourth-order valence-electron chi connectivity index (χ4n) is 5.13. The molecule has 0 fully saturated rings. The van der Waals surface area contributed by atoms with Crippen LogP contribution in [0.15, 0.2) is 72.9 Å². The molecular weight excluding hydrogens is 458 g/mol. The highest BCUT2D eigenvalue weighted by molar-refractivity contribution is 5.94. The van der Waals surface area contributed by atoms with E-state index in [0.717, 1.165) is 51.1 Å². The van der Waals surface area contributed by atoms with Gasteiger partial charge in [0.2, 0.25) is 0 Å². The van der Waals surface area contributed by atoms with Gasteiger partial charge in [-0.1, -0.05) is 63.2 Å². The largest absolute Gasteiger partial charge is 0.386 e. The predicted octanol–water partition coefficient (Wildman–Crippen LogP) is 6.49. The van der Waals surface area contributed by atoms with Gasteiger partial charge in [-0.25, -0.2) is 4.68 Å². The zero-order valence-electron chi connectivity index (χ0n) is 21.7. The van der Waals surface area contributed by atoms with Gasteiger partial charge < -0.3 is 5.11 Å². The summed E-state index contributed by atoms with van der Waals surface area (Å²) in [5.74, 6) is 0.261. The molecule has 3 aromatic carbocycles. The summed E-state index contributed by atoms with van der Waals surface area (Å²) in [6, 6.07) is 23.8. The predicted molar refractivity (Wildman–Crippen MR) is 147 cm³/mol. The zero-order valence-corrected chi connectivity index (χ0v) is 21.7. The van der Waals surface area contributed by atoms with E-state index >= 15 is 0 Å². The molecule has 6 nitrogen and oxygen atoms in total. The summed E-state index contributed by atoms with van der Waals surface area (Å²) < 4.78 is 3.84. The molecule has 0 saturated heterocycles. The van der Waals surface area contributed by atoms with E-state index in [9.17, 15) is 10.4 Å². The number of hydrogen-bond acceptors (Lipinski definition) is 4. The maximum absolute atomic E-state index is 10.8. The van der Waals surface area contributed by atoms with E-state index in [0.29, 0.717) is 12.1 Å². The Bertz CT molecular complexity index is 1600. The van der Waals surface area contributed by atoms with Gasteiger partial charge in [0.05, 0.1) is 41.2 Å². The van der Waals surface area contributed by atoms with Crippen LogP contribution in [0, 0.1) is 18.3 Å². The van der Waals surface area contributed by atoms with Crippen molar-refractivity contribution in [3.63, 3.8) is 0 Å². The Morgan fingerprint density at radius 3 is 2.49 bits per heavy atom. The first-order valence-corrected chi connectivity index (χ1v) is 12.7. The van der Waals surface area contributed by atoms with E-state index in [1.807, 2.05) is 76.2 Å². The van der Waals surface area contributed by atoms with Crippen molar-refractivity contribution >= 4 is 10.9 Å². The number of rotatable bonds is 7. The lowest BCUT2D eigenvalue weighted by Gasteiger charge is -2.11. The molecule has 2 aromatic heterocycles. The number of hydrogen-bond donors (Lipinski definition) is 1. The first-order valence-electron chi connectivity index (χ1n) is 12.7. The molecule has 0 aliphatic carbocycles. The summed E-state index contributed by atoms with van der Waals surface area (Å²) in [6.07, 6.45) is 2.17. The third-order valence-electron chi connectivity index (χ3n) is 6.95. The smallest absolute Gasteiger partial charge is 0.0991 e. The fraction of sp³-hybridized carbons (Fsp3) is 0.258. The van der Waals surface area contributed by atoms with Crippen LogP contribution in [-0.2, 0) is 13.0 Å². The SMILES string of the molecule is CCc1cc(C#N)ccc1-n1nc(-c2cccc3nn(C[C@H](O)c4ccccc4)cc23)c(C(C)C)c1C. The third-order valence-corrected chi connectivity index (χ3v) is 6.95. The molecule has 37 heavy (non-hydrogen) atoms. The van der Waals surface area contributed by atoms with Crippen LogP contribution in [-0.4, -0.2) is 24.7 Å². The fourth-order valence-corrected chi connectivity index (χ4v) is 5.13. The van der Waals surface area contributed by atoms with Crippen molar-refractivity contribution in [1.82, 2.24) is 19.6 Å². The Morgan fingerprint density at radius 1 is 1.00 bits per heavy atom. The second-order valence-electron chi connectivity index (χ2n) is 9.74. The molecule has 5 rings (SSSR count). The number of aliphatic hydroxyl groups excluding tert-OH is 1. The van der Waals surface area contributed by atoms with Gasteiger partial charge in [0.15, 0.2) is 0 Å². The molecule has 2 heterocycles. The molecule has 0 saturated carbocycles. The van der Waals surface area contributed by atoms with Crippen LogP contribution in [0.5, 0.6) is 0 Å². The lowest BCUT2D eigenvalue weighted by Crippen LogP contribution is -2.08. The van der Waals surface area contributed by atoms with Crippen LogP contribution in [0.4, 0.5) is 0 Å². The van der Waals surface area contributed by atoms with E-state index in [-0.39, 0.29) is 5.92 Å². The molecule has 6 heteroatoms. The van der Waals surface area contributed by atoms with Gasteiger partial charge in [-0.05, 0) is 54.7 Å². The topological polar surface area (TPSA) is 79.7 Å². The van der Waals surface area contributed by atoms with E-state index in [4.69, 9.17) is 10.2 Å². The molecule has 0 spiro atoms. The highest BCUT2D eigenvalue weighted by atomic mass is 16.3. The van der Waals surface area contributed by atoms with Gasteiger partial charge in [0.1, 0.15) is 0 Å². The number of aromatic nitrogens is 4. The van der Waals surface area contributed by atoms with Gasteiger partial charge in [-0.2, -0.15) is 15.5 Å². The highest BCUT2D eigenvalue weighted by Gasteiger charge is 2.23. The van der Waals surface area contributed by atoms with E-state index in [1.165, 1.54) is 5.56 Å². The standard InChI is InChI=1S/C31H31N5O/c1-5-23-16-22(17-32)14-15-28(23)36-21(4)30(20(2)3)31(34-36)25-12-9-13-27-26(25)18-35(33-27)19-29(37)24-10-7-6-8-11-24/h6-16,18,20,29,37H,5,19H2,1-4H3/t29-/m0/s1. The summed E-state index contributed by atoms with van der Waals surface area (Å²) in [5, 5.41) is 31.0. The Balaban J connectivity index is 1.61. The minimum absolute atomic E-state index is 0.261. The van der Waals surface area contributed by atoms with Crippen LogP contribution >= 0.6 is 0 Å². The Labute approximate surface area is 217 Å². The number of aryl methyl sites for hydroxylation is 1. The van der Waals surface area contributed by atoms with Crippen molar-refractivity contribution in [2.24, 2.45) is 0 Å². The number of aliphatic hydroxyl groups is 1. The van der Waals surface area contributed by atoms with E-state index in [1.54, 1.807) is 0 Å². The molecule has 0 aliphatic rings. The first kappa shape index (κ1) is 24.5. The second kappa shape index (κ2) is 10.0. The normalized spacial score (nSPS) is 12.2. The lowest BCUT2D eigenvalue weighted by molar-refractivity contribution is 0.152. The Kier molecular flexibility index (Phi) is 6.64. The van der Waals surface area contributed by atoms with Crippen molar-refractivity contribution < 1.29 is 5.11 Å². The van der Waals surface area contributed by atoms with Gasteiger partial charge in [-0.15, -0.1) is 0 Å². The summed E-state index contributed by atoms with van der Waals surface area (Å²) in [6.45, 7) is 8.97. The van der Waals surface area contributed by atoms with Gasteiger partial charge >= 0.3 is 0 Å². The van der Waals surface area contributed by atoms with Crippen molar-refractivity contribution in [2.75, 3.05) is 0 Å². The van der Waals surface area contributed by atoms with E-state index in [2.05, 4.69) is 39.8 Å². The molecule has 0 radical (unpaired) electrons. The van der Waals surface area contributed by atoms with Crippen molar-refractivity contribution in [3.8, 4) is 23.0 Å². The number of nitriles is 1. The average molecular weight is 490 g/mol. The van der Waals surface area contributed by atoms with Crippen molar-refractivity contribution in [3.05, 3.63) is 101 Å². The minimum atomic E-state index is -0.643. The van der Waals surface area contributed by atoms with Gasteiger partial charge in [0.25, 0.3) is 0 Å². The Hall–Kier alpha value is -4.21. The molecule has 1 N–H and O–H groups in total. The number of fused-ring (bicyclic) bond motifs is 1. The van der Waals surface area contributed by atoms with Crippen molar-refractivity contribution in [2.45, 2.75) is 52.7 Å². The second-order valence-corrected chi connectivity index (χ2v) is 9.74. The summed E-state index contributed by atoms with van der Waals surface area (Å²) in [7, 11) is 0. The molecule has 0 unspecified atom stereocenters. The molecule has 0 bridgehead atoms. The molecule has 0 amide bonds. The first-order chi connectivity index (χ1) is 17.9. The van der Waals surface area contributed by atoms with Gasteiger partial charge in [-0.3, -0.25) is 4.68 Å². The maximum atomic E-state index is 10.8. The quantitative estimate of drug-likeness (QED) is 0.283. The highest BCUT2D eigenvalue weighted by Crippen LogP contribution is 2.36. The minimum Gasteiger partial charge on any atom is -0.386 e. The number of nitrogens with zero attached hydrogens (tertiary/aromatic N) is 5. The van der Waals surface area contributed by atoms with Crippen LogP contribution in [0.1, 0.15) is 60.7 Å². The molecule has 186 valence electrons. The molecular formula is C31H31N5O. The average Bonchev–Trinajstić information content (AvgIpc) is 3.48. The lowest BCUT2D eigenvalue weighted by atomic mass is 9.95. The Morgan fingerprint density at radius 2 is 1.78 bits per heavy atom. The van der Waals surface area contributed by atoms with Gasteiger partial charge in [0, 0.05) is 28.4 Å². The summed E-state index contributed by atoms with van der Waals surface area (Å²) in [5.41, 5.74) is 8.73. The van der Waals surface area contributed by atoms with Crippen LogP contribution in [0.2, 0.25) is 0 Å². The van der Waals surface area contributed by atoms with E-state index < -0.39 is 6.10 Å². The van der Waals surface area contributed by atoms with Crippen LogP contribution < -0.4 is 0 Å². The van der Waals surface area contributed by atoms with Crippen LogP contribution in [0.25, 0.3) is 27.8 Å². The number of benzene rings is 3.